The fraction of sp³-hybridized carbons (Fsp3) is 0.217. The van der Waals surface area contributed by atoms with E-state index in [0.717, 1.165) is 35.2 Å². The standard InChI is InChI=1S/C23H26N4O2/c1-3-27(4-2)21-12-10-19(22(28)14-21)15-25-26-23(29)16-24-20-11-9-17-7-5-6-8-18(17)13-20/h5-15,24,28H,3-4,16H2,1-2H3,(H,26,29). The summed E-state index contributed by atoms with van der Waals surface area (Å²) in [4.78, 5) is 14.2. The van der Waals surface area contributed by atoms with Gasteiger partial charge < -0.3 is 15.3 Å². The van der Waals surface area contributed by atoms with Crippen LogP contribution in [0.1, 0.15) is 19.4 Å². The van der Waals surface area contributed by atoms with Crippen LogP contribution in [-0.4, -0.2) is 36.9 Å². The largest absolute Gasteiger partial charge is 0.507 e. The van der Waals surface area contributed by atoms with Crippen LogP contribution in [0.3, 0.4) is 0 Å². The van der Waals surface area contributed by atoms with Crippen LogP contribution in [0.4, 0.5) is 11.4 Å². The average molecular weight is 390 g/mol. The molecule has 0 saturated heterocycles. The number of phenols is 1. The van der Waals surface area contributed by atoms with E-state index < -0.39 is 0 Å². The molecular formula is C23H26N4O2. The Morgan fingerprint density at radius 3 is 2.52 bits per heavy atom. The Bertz CT molecular complexity index is 1010. The Morgan fingerprint density at radius 1 is 1.03 bits per heavy atom. The highest BCUT2D eigenvalue weighted by Gasteiger charge is 2.06. The number of carbonyl (C=O) groups excluding carboxylic acids is 1. The molecule has 3 aromatic carbocycles. The molecule has 0 unspecified atom stereocenters. The highest BCUT2D eigenvalue weighted by Crippen LogP contribution is 2.23. The monoisotopic (exact) mass is 390 g/mol. The van der Waals surface area contributed by atoms with Gasteiger partial charge in [-0.2, -0.15) is 5.10 Å². The maximum Gasteiger partial charge on any atom is 0.259 e. The van der Waals surface area contributed by atoms with Crippen molar-refractivity contribution in [3.63, 3.8) is 0 Å². The summed E-state index contributed by atoms with van der Waals surface area (Å²) in [6, 6.07) is 19.4. The maximum atomic E-state index is 12.0. The first-order valence-electron chi connectivity index (χ1n) is 9.73. The van der Waals surface area contributed by atoms with Crippen molar-refractivity contribution in [3.05, 3.63) is 66.2 Å². The second kappa shape index (κ2) is 9.59. The number of carbonyl (C=O) groups is 1. The van der Waals surface area contributed by atoms with Crippen LogP contribution in [0.5, 0.6) is 5.75 Å². The number of aromatic hydroxyl groups is 1. The molecule has 3 N–H and O–H groups in total. The predicted molar refractivity (Wildman–Crippen MR) is 120 cm³/mol. The van der Waals surface area contributed by atoms with Crippen LogP contribution in [-0.2, 0) is 4.79 Å². The minimum Gasteiger partial charge on any atom is -0.507 e. The summed E-state index contributed by atoms with van der Waals surface area (Å²) in [5, 5.41) is 19.5. The molecule has 0 spiro atoms. The van der Waals surface area contributed by atoms with E-state index in [4.69, 9.17) is 0 Å². The Kier molecular flexibility index (Phi) is 6.68. The van der Waals surface area contributed by atoms with E-state index in [1.807, 2.05) is 48.5 Å². The molecule has 6 heteroatoms. The van der Waals surface area contributed by atoms with Gasteiger partial charge in [0.2, 0.25) is 0 Å². The summed E-state index contributed by atoms with van der Waals surface area (Å²) in [6.07, 6.45) is 1.44. The molecule has 0 saturated carbocycles. The van der Waals surface area contributed by atoms with Gasteiger partial charge in [-0.05, 0) is 48.9 Å². The first kappa shape index (κ1) is 20.2. The van der Waals surface area contributed by atoms with Crippen LogP contribution >= 0.6 is 0 Å². The Hall–Kier alpha value is -3.54. The van der Waals surface area contributed by atoms with Crippen LogP contribution in [0, 0.1) is 0 Å². The Labute approximate surface area is 170 Å². The predicted octanol–water partition coefficient (Wildman–Crippen LogP) is 3.95. The quantitative estimate of drug-likeness (QED) is 0.402. The zero-order chi connectivity index (χ0) is 20.6. The zero-order valence-electron chi connectivity index (χ0n) is 16.7. The number of phenolic OH excluding ortho intramolecular Hbond substituents is 1. The number of nitrogens with one attached hydrogen (secondary N) is 2. The third kappa shape index (κ3) is 5.25. The molecule has 150 valence electrons. The lowest BCUT2D eigenvalue weighted by Gasteiger charge is -2.21. The number of nitrogens with zero attached hydrogens (tertiary/aromatic N) is 2. The van der Waals surface area contributed by atoms with Crippen LogP contribution in [0.25, 0.3) is 10.8 Å². The summed E-state index contributed by atoms with van der Waals surface area (Å²) in [5.74, 6) is -0.143. The van der Waals surface area contributed by atoms with Crippen molar-refractivity contribution in [2.45, 2.75) is 13.8 Å². The maximum absolute atomic E-state index is 12.0. The molecule has 29 heavy (non-hydrogen) atoms. The van der Waals surface area contributed by atoms with Crippen molar-refractivity contribution >= 4 is 34.3 Å². The van der Waals surface area contributed by atoms with Gasteiger partial charge in [-0.15, -0.1) is 0 Å². The van der Waals surface area contributed by atoms with Gasteiger partial charge in [-0.25, -0.2) is 5.43 Å². The number of benzene rings is 3. The fourth-order valence-corrected chi connectivity index (χ4v) is 3.12. The smallest absolute Gasteiger partial charge is 0.259 e. The molecule has 1 amide bonds. The number of amides is 1. The lowest BCUT2D eigenvalue weighted by molar-refractivity contribution is -0.119. The van der Waals surface area contributed by atoms with Gasteiger partial charge in [-0.3, -0.25) is 4.79 Å². The van der Waals surface area contributed by atoms with Gasteiger partial charge in [-0.1, -0.05) is 30.3 Å². The third-order valence-corrected chi connectivity index (χ3v) is 4.74. The molecule has 0 atom stereocenters. The molecule has 0 aliphatic rings. The minimum absolute atomic E-state index is 0.0998. The topological polar surface area (TPSA) is 77.0 Å². The highest BCUT2D eigenvalue weighted by atomic mass is 16.3. The summed E-state index contributed by atoms with van der Waals surface area (Å²) in [7, 11) is 0. The number of hydrazone groups is 1. The van der Waals surface area contributed by atoms with Crippen LogP contribution < -0.4 is 15.6 Å². The van der Waals surface area contributed by atoms with Gasteiger partial charge >= 0.3 is 0 Å². The van der Waals surface area contributed by atoms with E-state index >= 15 is 0 Å². The number of hydrogen-bond acceptors (Lipinski definition) is 5. The van der Waals surface area contributed by atoms with Crippen molar-refractivity contribution in [1.29, 1.82) is 0 Å². The molecule has 0 aliphatic carbocycles. The Morgan fingerprint density at radius 2 is 1.79 bits per heavy atom. The van der Waals surface area contributed by atoms with Crippen molar-refractivity contribution in [3.8, 4) is 5.75 Å². The molecule has 0 fully saturated rings. The summed E-state index contributed by atoms with van der Waals surface area (Å²) >= 11 is 0. The van der Waals surface area contributed by atoms with Gasteiger partial charge in [0.05, 0.1) is 12.8 Å². The van der Waals surface area contributed by atoms with E-state index in [1.54, 1.807) is 12.1 Å². The second-order valence-corrected chi connectivity index (χ2v) is 6.62. The molecule has 3 rings (SSSR count). The molecule has 0 radical (unpaired) electrons. The second-order valence-electron chi connectivity index (χ2n) is 6.62. The lowest BCUT2D eigenvalue weighted by atomic mass is 10.1. The van der Waals surface area contributed by atoms with E-state index in [-0.39, 0.29) is 18.2 Å². The first-order chi connectivity index (χ1) is 14.1. The van der Waals surface area contributed by atoms with Crippen molar-refractivity contribution < 1.29 is 9.90 Å². The van der Waals surface area contributed by atoms with Gasteiger partial charge in [0.15, 0.2) is 0 Å². The van der Waals surface area contributed by atoms with Crippen molar-refractivity contribution in [2.24, 2.45) is 5.10 Å². The molecular weight excluding hydrogens is 364 g/mol. The van der Waals surface area contributed by atoms with Crippen molar-refractivity contribution in [1.82, 2.24) is 5.43 Å². The molecule has 6 nitrogen and oxygen atoms in total. The van der Waals surface area contributed by atoms with Gasteiger partial charge in [0.25, 0.3) is 5.91 Å². The number of fused-ring (bicyclic) bond motifs is 1. The van der Waals surface area contributed by atoms with E-state index in [9.17, 15) is 9.90 Å². The third-order valence-electron chi connectivity index (χ3n) is 4.74. The van der Waals surface area contributed by atoms with Crippen LogP contribution in [0.2, 0.25) is 0 Å². The number of hydrogen-bond donors (Lipinski definition) is 3. The zero-order valence-corrected chi connectivity index (χ0v) is 16.7. The normalized spacial score (nSPS) is 11.0. The SMILES string of the molecule is CCN(CC)c1ccc(C=NNC(=O)CNc2ccc3ccccc3c2)c(O)c1. The number of anilines is 2. The van der Waals surface area contributed by atoms with Gasteiger partial charge in [0, 0.05) is 36.1 Å². The fourth-order valence-electron chi connectivity index (χ4n) is 3.12. The molecule has 0 bridgehead atoms. The van der Waals surface area contributed by atoms with Crippen LogP contribution in [0.15, 0.2) is 65.8 Å². The molecule has 0 aromatic heterocycles. The molecule has 3 aromatic rings. The average Bonchev–Trinajstić information content (AvgIpc) is 2.74. The first-order valence-corrected chi connectivity index (χ1v) is 9.73. The summed E-state index contributed by atoms with van der Waals surface area (Å²) < 4.78 is 0. The van der Waals surface area contributed by atoms with E-state index in [1.165, 1.54) is 6.21 Å². The van der Waals surface area contributed by atoms with Crippen molar-refractivity contribution in [2.75, 3.05) is 29.9 Å². The van der Waals surface area contributed by atoms with Gasteiger partial charge in [0.1, 0.15) is 5.75 Å². The summed E-state index contributed by atoms with van der Waals surface area (Å²) in [5.41, 5.74) is 4.84. The van der Waals surface area contributed by atoms with E-state index in [2.05, 4.69) is 34.6 Å². The lowest BCUT2D eigenvalue weighted by Crippen LogP contribution is -2.25. The molecule has 0 aliphatic heterocycles. The highest BCUT2D eigenvalue weighted by molar-refractivity contribution is 5.88. The molecule has 0 heterocycles. The summed E-state index contributed by atoms with van der Waals surface area (Å²) in [6.45, 7) is 5.96. The number of rotatable bonds is 8. The minimum atomic E-state index is -0.270. The van der Waals surface area contributed by atoms with E-state index in [0.29, 0.717) is 5.56 Å². The Balaban J connectivity index is 1.53.